The maximum atomic E-state index is 9.53. The largest absolute Gasteiger partial charge is 0.507 e. The van der Waals surface area contributed by atoms with Crippen molar-refractivity contribution in [1.29, 1.82) is 0 Å². The van der Waals surface area contributed by atoms with Crippen molar-refractivity contribution < 1.29 is 5.11 Å². The second kappa shape index (κ2) is 2.28. The van der Waals surface area contributed by atoms with Gasteiger partial charge in [0.1, 0.15) is 5.76 Å². The molecule has 0 bridgehead atoms. The quantitative estimate of drug-likeness (QED) is 0.536. The van der Waals surface area contributed by atoms with E-state index < -0.39 is 0 Å². The zero-order chi connectivity index (χ0) is 8.60. The van der Waals surface area contributed by atoms with E-state index >= 15 is 0 Å². The van der Waals surface area contributed by atoms with E-state index in [4.69, 9.17) is 0 Å². The summed E-state index contributed by atoms with van der Waals surface area (Å²) in [6.45, 7) is 2.05. The SMILES string of the molecule is CC12C#CC=C(O)C1=CC=CC2. The Labute approximate surface area is 72.1 Å². The lowest BCUT2D eigenvalue weighted by atomic mass is 9.74. The van der Waals surface area contributed by atoms with E-state index in [1.54, 1.807) is 6.08 Å². The third-order valence-corrected chi connectivity index (χ3v) is 2.35. The molecule has 60 valence electrons. The van der Waals surface area contributed by atoms with Crippen LogP contribution in [0.3, 0.4) is 0 Å². The van der Waals surface area contributed by atoms with E-state index in [1.807, 2.05) is 12.2 Å². The number of hydrogen-bond acceptors (Lipinski definition) is 1. The van der Waals surface area contributed by atoms with Crippen molar-refractivity contribution in [2.24, 2.45) is 5.41 Å². The van der Waals surface area contributed by atoms with Crippen molar-refractivity contribution >= 4 is 0 Å². The molecule has 0 amide bonds. The molecular weight excluding hydrogens is 148 g/mol. The van der Waals surface area contributed by atoms with Crippen LogP contribution >= 0.6 is 0 Å². The molecule has 0 aliphatic heterocycles. The molecule has 1 nitrogen and oxygen atoms in total. The molecule has 0 heterocycles. The van der Waals surface area contributed by atoms with Crippen molar-refractivity contribution in [3.63, 3.8) is 0 Å². The van der Waals surface area contributed by atoms with Gasteiger partial charge in [-0.25, -0.2) is 0 Å². The van der Waals surface area contributed by atoms with Gasteiger partial charge in [0.15, 0.2) is 0 Å². The molecule has 0 saturated carbocycles. The molecule has 0 radical (unpaired) electrons. The minimum Gasteiger partial charge on any atom is -0.507 e. The van der Waals surface area contributed by atoms with Crippen LogP contribution in [-0.2, 0) is 0 Å². The molecule has 0 spiro atoms. The zero-order valence-corrected chi connectivity index (χ0v) is 6.96. The van der Waals surface area contributed by atoms with Crippen molar-refractivity contribution in [3.05, 3.63) is 35.6 Å². The standard InChI is InChI=1S/C11H10O/c1-11-7-3-2-5-9(11)10(12)6-4-8-11/h2-3,5-6,12H,7H2,1H3. The fraction of sp³-hybridized carbons (Fsp3) is 0.273. The summed E-state index contributed by atoms with van der Waals surface area (Å²) in [5.41, 5.74) is 0.789. The molecule has 0 fully saturated rings. The highest BCUT2D eigenvalue weighted by atomic mass is 16.3. The highest BCUT2D eigenvalue weighted by Gasteiger charge is 2.30. The first-order chi connectivity index (χ1) is 5.72. The number of hydrogen-bond donors (Lipinski definition) is 1. The number of aliphatic hydroxyl groups excluding tert-OH is 1. The summed E-state index contributed by atoms with van der Waals surface area (Å²) in [4.78, 5) is 0. The van der Waals surface area contributed by atoms with E-state index in [0.717, 1.165) is 12.0 Å². The van der Waals surface area contributed by atoms with Gasteiger partial charge < -0.3 is 5.11 Å². The molecule has 0 saturated heterocycles. The molecule has 0 aromatic heterocycles. The van der Waals surface area contributed by atoms with Gasteiger partial charge in [-0.2, -0.15) is 0 Å². The Morgan fingerprint density at radius 1 is 1.58 bits per heavy atom. The molecule has 0 aromatic carbocycles. The monoisotopic (exact) mass is 158 g/mol. The lowest BCUT2D eigenvalue weighted by Gasteiger charge is -2.28. The number of fused-ring (bicyclic) bond motifs is 1. The Bertz CT molecular complexity index is 360. The lowest BCUT2D eigenvalue weighted by Crippen LogP contribution is -2.21. The normalized spacial score (nSPS) is 31.1. The first-order valence-electron chi connectivity index (χ1n) is 4.02. The van der Waals surface area contributed by atoms with Crippen molar-refractivity contribution in [2.75, 3.05) is 0 Å². The highest BCUT2D eigenvalue weighted by Crippen LogP contribution is 2.38. The van der Waals surface area contributed by atoms with Gasteiger partial charge in [0.25, 0.3) is 0 Å². The van der Waals surface area contributed by atoms with Gasteiger partial charge in [-0.3, -0.25) is 0 Å². The second-order valence-electron chi connectivity index (χ2n) is 3.34. The maximum absolute atomic E-state index is 9.53. The van der Waals surface area contributed by atoms with E-state index in [9.17, 15) is 5.11 Å². The van der Waals surface area contributed by atoms with Gasteiger partial charge in [0, 0.05) is 11.6 Å². The molecule has 1 unspecified atom stereocenters. The van der Waals surface area contributed by atoms with Crippen LogP contribution in [-0.4, -0.2) is 5.11 Å². The van der Waals surface area contributed by atoms with Crippen LogP contribution < -0.4 is 0 Å². The average molecular weight is 158 g/mol. The van der Waals surface area contributed by atoms with Gasteiger partial charge in [0.2, 0.25) is 0 Å². The highest BCUT2D eigenvalue weighted by molar-refractivity contribution is 5.49. The van der Waals surface area contributed by atoms with Gasteiger partial charge in [-0.15, -0.1) is 0 Å². The smallest absolute Gasteiger partial charge is 0.128 e. The minimum atomic E-state index is -0.159. The fourth-order valence-electron chi connectivity index (χ4n) is 1.59. The molecule has 12 heavy (non-hydrogen) atoms. The van der Waals surface area contributed by atoms with E-state index in [0.29, 0.717) is 5.76 Å². The molecular formula is C11H10O. The van der Waals surface area contributed by atoms with Crippen LogP contribution in [0.1, 0.15) is 13.3 Å². The third kappa shape index (κ3) is 0.887. The summed E-state index contributed by atoms with van der Waals surface area (Å²) >= 11 is 0. The van der Waals surface area contributed by atoms with Crippen LogP contribution in [0.25, 0.3) is 0 Å². The Hall–Kier alpha value is -1.42. The van der Waals surface area contributed by atoms with Crippen LogP contribution in [0.4, 0.5) is 0 Å². The Morgan fingerprint density at radius 3 is 3.17 bits per heavy atom. The van der Waals surface area contributed by atoms with Crippen LogP contribution in [0.5, 0.6) is 0 Å². The van der Waals surface area contributed by atoms with Crippen LogP contribution in [0.2, 0.25) is 0 Å². The summed E-state index contributed by atoms with van der Waals surface area (Å²) in [6, 6.07) is 0. The first-order valence-corrected chi connectivity index (χ1v) is 4.02. The van der Waals surface area contributed by atoms with Gasteiger partial charge in [-0.05, 0) is 13.3 Å². The molecule has 2 rings (SSSR count). The third-order valence-electron chi connectivity index (χ3n) is 2.35. The average Bonchev–Trinajstić information content (AvgIpc) is 2.04. The van der Waals surface area contributed by atoms with Crippen molar-refractivity contribution in [3.8, 4) is 11.8 Å². The van der Waals surface area contributed by atoms with E-state index in [2.05, 4.69) is 24.8 Å². The Balaban J connectivity index is 2.54. The predicted molar refractivity (Wildman–Crippen MR) is 48.4 cm³/mol. The summed E-state index contributed by atoms with van der Waals surface area (Å²) in [5.74, 6) is 6.28. The Kier molecular flexibility index (Phi) is 1.38. The van der Waals surface area contributed by atoms with Gasteiger partial charge >= 0.3 is 0 Å². The summed E-state index contributed by atoms with van der Waals surface area (Å²) < 4.78 is 0. The fourth-order valence-corrected chi connectivity index (χ4v) is 1.59. The van der Waals surface area contributed by atoms with Gasteiger partial charge in [-0.1, -0.05) is 30.1 Å². The molecule has 2 aliphatic rings. The second-order valence-corrected chi connectivity index (χ2v) is 3.34. The summed E-state index contributed by atoms with van der Waals surface area (Å²) in [5, 5.41) is 9.53. The molecule has 1 N–H and O–H groups in total. The maximum Gasteiger partial charge on any atom is 0.128 e. The molecule has 1 heteroatoms. The zero-order valence-electron chi connectivity index (χ0n) is 6.96. The number of aliphatic hydroxyl groups is 1. The summed E-state index contributed by atoms with van der Waals surface area (Å²) in [7, 11) is 0. The van der Waals surface area contributed by atoms with Crippen LogP contribution in [0.15, 0.2) is 35.6 Å². The lowest BCUT2D eigenvalue weighted by molar-refractivity contribution is 0.385. The molecule has 1 atom stereocenters. The summed E-state index contributed by atoms with van der Waals surface area (Å²) in [6.07, 6.45) is 8.44. The minimum absolute atomic E-state index is 0.159. The van der Waals surface area contributed by atoms with E-state index in [1.165, 1.54) is 0 Å². The van der Waals surface area contributed by atoms with Crippen molar-refractivity contribution in [2.45, 2.75) is 13.3 Å². The number of allylic oxidation sites excluding steroid dienone is 5. The van der Waals surface area contributed by atoms with Crippen LogP contribution in [0, 0.1) is 17.3 Å². The Morgan fingerprint density at radius 2 is 2.42 bits per heavy atom. The first kappa shape index (κ1) is 7.24. The predicted octanol–water partition coefficient (Wildman–Crippen LogP) is 2.34. The van der Waals surface area contributed by atoms with Crippen molar-refractivity contribution in [1.82, 2.24) is 0 Å². The molecule has 2 aliphatic carbocycles. The number of rotatable bonds is 0. The van der Waals surface area contributed by atoms with E-state index in [-0.39, 0.29) is 5.41 Å². The topological polar surface area (TPSA) is 20.2 Å². The molecule has 0 aromatic rings. The van der Waals surface area contributed by atoms with Gasteiger partial charge in [0.05, 0.1) is 5.41 Å².